The average Bonchev–Trinajstić information content (AvgIpc) is 3.55. The molecule has 2 saturated heterocycles. The number of oxazole rings is 1. The van der Waals surface area contributed by atoms with Crippen molar-refractivity contribution >= 4 is 23.3 Å². The van der Waals surface area contributed by atoms with Crippen LogP contribution in [0.25, 0.3) is 0 Å². The van der Waals surface area contributed by atoms with E-state index in [0.717, 1.165) is 51.9 Å². The Hall–Kier alpha value is -2.61. The van der Waals surface area contributed by atoms with Crippen LogP contribution in [0.1, 0.15) is 96.3 Å². The first-order chi connectivity index (χ1) is 17.4. The van der Waals surface area contributed by atoms with Crippen molar-refractivity contribution in [3.8, 4) is 0 Å². The summed E-state index contributed by atoms with van der Waals surface area (Å²) in [5.41, 5.74) is 1.16. The van der Waals surface area contributed by atoms with Crippen molar-refractivity contribution < 1.29 is 18.3 Å². The van der Waals surface area contributed by atoms with Crippen molar-refractivity contribution in [3.05, 3.63) is 35.5 Å². The van der Waals surface area contributed by atoms with E-state index in [1.54, 1.807) is 12.1 Å². The Morgan fingerprint density at radius 3 is 2.22 bits per heavy atom. The first kappa shape index (κ1) is 29.6. The largest absolute Gasteiger partial charge is 0.425 e. The Kier molecular flexibility index (Phi) is 12.7. The van der Waals surface area contributed by atoms with Gasteiger partial charge >= 0.3 is 0 Å². The van der Waals surface area contributed by atoms with Gasteiger partial charge in [-0.15, -0.1) is 0 Å². The molecule has 0 radical (unpaired) electrons. The van der Waals surface area contributed by atoms with Gasteiger partial charge in [0.1, 0.15) is 12.4 Å². The lowest BCUT2D eigenvalue weighted by molar-refractivity contribution is 0.0539. The molecule has 0 spiro atoms. The van der Waals surface area contributed by atoms with E-state index in [0.29, 0.717) is 23.1 Å². The van der Waals surface area contributed by atoms with Crippen molar-refractivity contribution in [2.75, 3.05) is 41.3 Å². The van der Waals surface area contributed by atoms with Gasteiger partial charge < -0.3 is 24.3 Å². The number of anilines is 3. The van der Waals surface area contributed by atoms with Crippen LogP contribution in [0.2, 0.25) is 0 Å². The molecule has 2 aliphatic rings. The third kappa shape index (κ3) is 8.50. The monoisotopic (exact) mass is 504 g/mol. The Bertz CT molecular complexity index is 920. The number of aromatic nitrogens is 1. The Morgan fingerprint density at radius 2 is 1.64 bits per heavy atom. The number of rotatable bonds is 7. The van der Waals surface area contributed by atoms with Gasteiger partial charge in [-0.05, 0) is 64.2 Å². The number of halogens is 1. The van der Waals surface area contributed by atoms with E-state index in [2.05, 4.69) is 29.0 Å². The number of ether oxygens (including phenoxy) is 1. The molecule has 0 bridgehead atoms. The summed E-state index contributed by atoms with van der Waals surface area (Å²) in [7, 11) is 0. The Balaban J connectivity index is 0.000000850. The van der Waals surface area contributed by atoms with Gasteiger partial charge in [0.15, 0.2) is 11.5 Å². The number of benzene rings is 1. The SMILES string of the molecule is CC.CC(C)OCc1oc(N2CCCC2)nc1C(=O)Nc1ccc(N2CCCCC2)c(F)c1.CCC. The summed E-state index contributed by atoms with van der Waals surface area (Å²) in [6.07, 6.45) is 6.73. The number of hydrogen-bond acceptors (Lipinski definition) is 6. The van der Waals surface area contributed by atoms with Gasteiger partial charge in [0.2, 0.25) is 0 Å². The van der Waals surface area contributed by atoms with Crippen molar-refractivity contribution in [1.29, 1.82) is 0 Å². The number of carbonyl (C=O) groups is 1. The van der Waals surface area contributed by atoms with Crippen LogP contribution in [0.3, 0.4) is 0 Å². The van der Waals surface area contributed by atoms with Gasteiger partial charge in [-0.1, -0.05) is 34.1 Å². The zero-order valence-corrected chi connectivity index (χ0v) is 23.0. The quantitative estimate of drug-likeness (QED) is 0.437. The predicted octanol–water partition coefficient (Wildman–Crippen LogP) is 7.02. The molecule has 3 heterocycles. The molecule has 2 aromatic rings. The van der Waals surface area contributed by atoms with Crippen LogP contribution < -0.4 is 15.1 Å². The predicted molar refractivity (Wildman–Crippen MR) is 146 cm³/mol. The van der Waals surface area contributed by atoms with Crippen molar-refractivity contribution in [3.63, 3.8) is 0 Å². The molecule has 0 saturated carbocycles. The normalized spacial score (nSPS) is 15.2. The molecule has 2 fully saturated rings. The van der Waals surface area contributed by atoms with Gasteiger partial charge in [-0.3, -0.25) is 4.79 Å². The highest BCUT2D eigenvalue weighted by Crippen LogP contribution is 2.27. The smallest absolute Gasteiger partial charge is 0.298 e. The van der Waals surface area contributed by atoms with Crippen molar-refractivity contribution in [1.82, 2.24) is 4.98 Å². The van der Waals surface area contributed by atoms with Crippen LogP contribution in [0.4, 0.5) is 21.8 Å². The molecule has 4 rings (SSSR count). The van der Waals surface area contributed by atoms with Gasteiger partial charge in [0.25, 0.3) is 11.9 Å². The Labute approximate surface area is 216 Å². The van der Waals surface area contributed by atoms with Crippen LogP contribution in [-0.2, 0) is 11.3 Å². The fourth-order valence-electron chi connectivity index (χ4n) is 4.07. The summed E-state index contributed by atoms with van der Waals surface area (Å²) in [4.78, 5) is 21.5. The van der Waals surface area contributed by atoms with E-state index in [1.807, 2.05) is 32.6 Å². The average molecular weight is 505 g/mol. The number of carbonyl (C=O) groups excluding carboxylic acids is 1. The summed E-state index contributed by atoms with van der Waals surface area (Å²) >= 11 is 0. The lowest BCUT2D eigenvalue weighted by Crippen LogP contribution is -2.30. The second kappa shape index (κ2) is 15.5. The maximum atomic E-state index is 14.7. The van der Waals surface area contributed by atoms with E-state index in [-0.39, 0.29) is 24.2 Å². The molecule has 1 amide bonds. The molecule has 36 heavy (non-hydrogen) atoms. The summed E-state index contributed by atoms with van der Waals surface area (Å²) in [6, 6.07) is 5.28. The molecule has 202 valence electrons. The summed E-state index contributed by atoms with van der Waals surface area (Å²) in [6.45, 7) is 15.7. The van der Waals surface area contributed by atoms with Gasteiger partial charge in [-0.2, -0.15) is 4.98 Å². The van der Waals surface area contributed by atoms with Crippen LogP contribution in [-0.4, -0.2) is 43.2 Å². The van der Waals surface area contributed by atoms with E-state index in [1.165, 1.54) is 18.9 Å². The minimum Gasteiger partial charge on any atom is -0.425 e. The number of piperidine rings is 1. The topological polar surface area (TPSA) is 70.8 Å². The van der Waals surface area contributed by atoms with Crippen molar-refractivity contribution in [2.24, 2.45) is 0 Å². The van der Waals surface area contributed by atoms with Crippen LogP contribution in [0.5, 0.6) is 0 Å². The molecule has 7 nitrogen and oxygen atoms in total. The molecule has 0 unspecified atom stereocenters. The first-order valence-electron chi connectivity index (χ1n) is 13.6. The molecular weight excluding hydrogens is 459 g/mol. The zero-order valence-electron chi connectivity index (χ0n) is 23.0. The summed E-state index contributed by atoms with van der Waals surface area (Å²) < 4.78 is 26.3. The van der Waals surface area contributed by atoms with Crippen LogP contribution in [0, 0.1) is 5.82 Å². The Morgan fingerprint density at radius 1 is 1.06 bits per heavy atom. The third-order valence-corrected chi connectivity index (χ3v) is 5.73. The van der Waals surface area contributed by atoms with E-state index in [4.69, 9.17) is 9.15 Å². The van der Waals surface area contributed by atoms with Crippen LogP contribution >= 0.6 is 0 Å². The number of hydrogen-bond donors (Lipinski definition) is 1. The molecule has 8 heteroatoms. The third-order valence-electron chi connectivity index (χ3n) is 5.73. The minimum absolute atomic E-state index is 0.00678. The van der Waals surface area contributed by atoms with Crippen molar-refractivity contribution in [2.45, 2.75) is 92.8 Å². The lowest BCUT2D eigenvalue weighted by Gasteiger charge is -2.29. The van der Waals surface area contributed by atoms with Gasteiger partial charge in [0.05, 0.1) is 11.8 Å². The minimum atomic E-state index is -0.429. The van der Waals surface area contributed by atoms with E-state index >= 15 is 0 Å². The zero-order chi connectivity index (χ0) is 26.5. The maximum Gasteiger partial charge on any atom is 0.298 e. The number of amides is 1. The highest BCUT2D eigenvalue weighted by molar-refractivity contribution is 6.03. The summed E-state index contributed by atoms with van der Waals surface area (Å²) in [5.74, 6) is -0.374. The standard InChI is InChI=1S/C23H31FN4O3.C3H8.C2H6/c1-16(2)30-15-20-21(26-23(31-20)28-12-6-7-13-28)22(29)25-17-8-9-19(18(24)14-17)27-10-4-3-5-11-27;1-3-2;1-2/h8-9,14,16H,3-7,10-13,15H2,1-2H3,(H,25,29);3H2,1-2H3;1-2H3. The molecule has 1 aromatic heterocycles. The number of nitrogens with zero attached hydrogens (tertiary/aromatic N) is 3. The second-order valence-corrected chi connectivity index (χ2v) is 9.20. The molecule has 2 aliphatic heterocycles. The van der Waals surface area contributed by atoms with Gasteiger partial charge in [0, 0.05) is 31.9 Å². The first-order valence-corrected chi connectivity index (χ1v) is 13.6. The molecule has 1 aromatic carbocycles. The fourth-order valence-corrected chi connectivity index (χ4v) is 4.07. The summed E-state index contributed by atoms with van der Waals surface area (Å²) in [5, 5.41) is 2.77. The highest BCUT2D eigenvalue weighted by atomic mass is 19.1. The number of nitrogens with one attached hydrogen (secondary N) is 1. The fraction of sp³-hybridized carbons (Fsp3) is 0.643. The van der Waals surface area contributed by atoms with Gasteiger partial charge in [-0.25, -0.2) is 4.39 Å². The molecule has 0 aliphatic carbocycles. The second-order valence-electron chi connectivity index (χ2n) is 9.20. The van der Waals surface area contributed by atoms with E-state index in [9.17, 15) is 9.18 Å². The van der Waals surface area contributed by atoms with Crippen LogP contribution in [0.15, 0.2) is 22.6 Å². The van der Waals surface area contributed by atoms with E-state index < -0.39 is 5.91 Å². The highest BCUT2D eigenvalue weighted by Gasteiger charge is 2.25. The molecule has 0 atom stereocenters. The lowest BCUT2D eigenvalue weighted by atomic mass is 10.1. The maximum absolute atomic E-state index is 14.7. The molecule has 1 N–H and O–H groups in total. The molecular formula is C28H45FN4O3.